The van der Waals surface area contributed by atoms with Crippen molar-refractivity contribution in [2.24, 2.45) is 5.92 Å². The molecule has 0 bridgehead atoms. The Balaban J connectivity index is 1.77. The fourth-order valence-corrected chi connectivity index (χ4v) is 3.80. The van der Waals surface area contributed by atoms with Crippen LogP contribution in [0.25, 0.3) is 0 Å². The zero-order valence-electron chi connectivity index (χ0n) is 13.0. The summed E-state index contributed by atoms with van der Waals surface area (Å²) in [4.78, 5) is 12.0. The SMILES string of the molecule is CCC(CC)c1nnc(NC(=O)CCC2CCNCC2)s1. The molecule has 6 heteroatoms. The van der Waals surface area contributed by atoms with E-state index in [9.17, 15) is 4.79 Å². The van der Waals surface area contributed by atoms with E-state index in [0.29, 0.717) is 23.4 Å². The molecule has 1 aromatic heterocycles. The molecule has 1 aliphatic heterocycles. The molecule has 0 radical (unpaired) electrons. The lowest BCUT2D eigenvalue weighted by Gasteiger charge is -2.21. The second kappa shape index (κ2) is 8.44. The van der Waals surface area contributed by atoms with Gasteiger partial charge in [0.2, 0.25) is 11.0 Å². The summed E-state index contributed by atoms with van der Waals surface area (Å²) >= 11 is 1.52. The third kappa shape index (κ3) is 5.04. The Morgan fingerprint density at radius 1 is 1.33 bits per heavy atom. The minimum Gasteiger partial charge on any atom is -0.317 e. The summed E-state index contributed by atoms with van der Waals surface area (Å²) in [6.07, 6.45) is 6.07. The standard InChI is InChI=1S/C15H26N4OS/c1-3-12(4-2)14-18-19-15(21-14)17-13(20)6-5-11-7-9-16-10-8-11/h11-12,16H,3-10H2,1-2H3,(H,17,19,20). The Morgan fingerprint density at radius 3 is 2.71 bits per heavy atom. The lowest BCUT2D eigenvalue weighted by molar-refractivity contribution is -0.116. The van der Waals surface area contributed by atoms with E-state index in [0.717, 1.165) is 37.4 Å². The van der Waals surface area contributed by atoms with Gasteiger partial charge in [-0.05, 0) is 51.1 Å². The van der Waals surface area contributed by atoms with Gasteiger partial charge in [-0.25, -0.2) is 0 Å². The van der Waals surface area contributed by atoms with Gasteiger partial charge in [-0.2, -0.15) is 0 Å². The van der Waals surface area contributed by atoms with Gasteiger partial charge in [0.1, 0.15) is 5.01 Å². The first-order chi connectivity index (χ1) is 10.2. The molecular weight excluding hydrogens is 284 g/mol. The Bertz CT molecular complexity index is 439. The van der Waals surface area contributed by atoms with Gasteiger partial charge in [0, 0.05) is 12.3 Å². The van der Waals surface area contributed by atoms with Gasteiger partial charge in [0.05, 0.1) is 0 Å². The van der Waals surface area contributed by atoms with Gasteiger partial charge in [-0.1, -0.05) is 25.2 Å². The van der Waals surface area contributed by atoms with Crippen molar-refractivity contribution in [1.82, 2.24) is 15.5 Å². The molecule has 2 N–H and O–H groups in total. The van der Waals surface area contributed by atoms with E-state index in [1.165, 1.54) is 24.2 Å². The van der Waals surface area contributed by atoms with E-state index in [1.54, 1.807) is 0 Å². The number of hydrogen-bond acceptors (Lipinski definition) is 5. The molecule has 0 atom stereocenters. The Hall–Kier alpha value is -1.01. The number of hydrogen-bond donors (Lipinski definition) is 2. The highest BCUT2D eigenvalue weighted by Crippen LogP contribution is 2.28. The van der Waals surface area contributed by atoms with Gasteiger partial charge in [0.25, 0.3) is 0 Å². The molecular formula is C15H26N4OS. The third-order valence-electron chi connectivity index (χ3n) is 4.26. The van der Waals surface area contributed by atoms with Crippen molar-refractivity contribution in [3.63, 3.8) is 0 Å². The number of nitrogens with zero attached hydrogens (tertiary/aromatic N) is 2. The average molecular weight is 310 g/mol. The normalized spacial score (nSPS) is 16.3. The van der Waals surface area contributed by atoms with E-state index in [4.69, 9.17) is 0 Å². The summed E-state index contributed by atoms with van der Waals surface area (Å²) in [5, 5.41) is 16.2. The summed E-state index contributed by atoms with van der Waals surface area (Å²) in [5.74, 6) is 1.22. The highest BCUT2D eigenvalue weighted by atomic mass is 32.1. The molecule has 5 nitrogen and oxygen atoms in total. The van der Waals surface area contributed by atoms with Crippen LogP contribution in [0.4, 0.5) is 5.13 Å². The Kier molecular flexibility index (Phi) is 6.57. The highest BCUT2D eigenvalue weighted by Gasteiger charge is 2.17. The Labute approximate surface area is 130 Å². The largest absolute Gasteiger partial charge is 0.317 e. The van der Waals surface area contributed by atoms with Crippen molar-refractivity contribution < 1.29 is 4.79 Å². The molecule has 118 valence electrons. The quantitative estimate of drug-likeness (QED) is 0.812. The first-order valence-electron chi connectivity index (χ1n) is 8.06. The van der Waals surface area contributed by atoms with Crippen molar-refractivity contribution >= 4 is 22.4 Å². The lowest BCUT2D eigenvalue weighted by atomic mass is 9.93. The van der Waals surface area contributed by atoms with Crippen molar-refractivity contribution in [1.29, 1.82) is 0 Å². The maximum absolute atomic E-state index is 12.0. The van der Waals surface area contributed by atoms with Crippen LogP contribution >= 0.6 is 11.3 Å². The van der Waals surface area contributed by atoms with Crippen LogP contribution in [-0.4, -0.2) is 29.2 Å². The summed E-state index contributed by atoms with van der Waals surface area (Å²) in [6, 6.07) is 0. The number of piperidine rings is 1. The molecule has 1 aliphatic rings. The third-order valence-corrected chi connectivity index (χ3v) is 5.26. The van der Waals surface area contributed by atoms with E-state index in [2.05, 4.69) is 34.7 Å². The number of aromatic nitrogens is 2. The van der Waals surface area contributed by atoms with Crippen LogP contribution in [0.15, 0.2) is 0 Å². The van der Waals surface area contributed by atoms with Gasteiger partial charge in [0.15, 0.2) is 0 Å². The van der Waals surface area contributed by atoms with E-state index >= 15 is 0 Å². The number of carbonyl (C=O) groups excluding carboxylic acids is 1. The maximum Gasteiger partial charge on any atom is 0.226 e. The summed E-state index contributed by atoms with van der Waals surface area (Å²) in [6.45, 7) is 6.49. The zero-order chi connectivity index (χ0) is 15.1. The molecule has 1 saturated heterocycles. The summed E-state index contributed by atoms with van der Waals surface area (Å²) < 4.78 is 0. The number of amides is 1. The summed E-state index contributed by atoms with van der Waals surface area (Å²) in [5.41, 5.74) is 0. The molecule has 2 heterocycles. The molecule has 2 rings (SSSR count). The summed E-state index contributed by atoms with van der Waals surface area (Å²) in [7, 11) is 0. The highest BCUT2D eigenvalue weighted by molar-refractivity contribution is 7.15. The fourth-order valence-electron chi connectivity index (χ4n) is 2.78. The molecule has 0 saturated carbocycles. The van der Waals surface area contributed by atoms with Crippen LogP contribution in [0.3, 0.4) is 0 Å². The van der Waals surface area contributed by atoms with Crippen LogP contribution in [0.1, 0.15) is 63.3 Å². The lowest BCUT2D eigenvalue weighted by Crippen LogP contribution is -2.28. The van der Waals surface area contributed by atoms with Gasteiger partial charge in [-0.15, -0.1) is 10.2 Å². The van der Waals surface area contributed by atoms with Gasteiger partial charge >= 0.3 is 0 Å². The van der Waals surface area contributed by atoms with Crippen LogP contribution in [0, 0.1) is 5.92 Å². The molecule has 1 aromatic rings. The van der Waals surface area contributed by atoms with Gasteiger partial charge < -0.3 is 10.6 Å². The minimum atomic E-state index is 0.0702. The second-order valence-corrected chi connectivity index (χ2v) is 6.75. The first kappa shape index (κ1) is 16.4. The van der Waals surface area contributed by atoms with Crippen LogP contribution < -0.4 is 10.6 Å². The predicted molar refractivity (Wildman–Crippen MR) is 86.7 cm³/mol. The Morgan fingerprint density at radius 2 is 2.05 bits per heavy atom. The van der Waals surface area contributed by atoms with Gasteiger partial charge in [-0.3, -0.25) is 4.79 Å². The van der Waals surface area contributed by atoms with Crippen molar-refractivity contribution in [3.8, 4) is 0 Å². The average Bonchev–Trinajstić information content (AvgIpc) is 2.96. The first-order valence-corrected chi connectivity index (χ1v) is 8.88. The smallest absolute Gasteiger partial charge is 0.226 e. The topological polar surface area (TPSA) is 66.9 Å². The van der Waals surface area contributed by atoms with Crippen molar-refractivity contribution in [3.05, 3.63) is 5.01 Å². The molecule has 0 unspecified atom stereocenters. The second-order valence-electron chi connectivity index (χ2n) is 5.74. The molecule has 0 aromatic carbocycles. The minimum absolute atomic E-state index is 0.0702. The molecule has 21 heavy (non-hydrogen) atoms. The van der Waals surface area contributed by atoms with E-state index in [-0.39, 0.29) is 5.91 Å². The van der Waals surface area contributed by atoms with Crippen LogP contribution in [-0.2, 0) is 4.79 Å². The number of carbonyl (C=O) groups is 1. The molecule has 0 spiro atoms. The van der Waals surface area contributed by atoms with Crippen LogP contribution in [0.5, 0.6) is 0 Å². The molecule has 1 fully saturated rings. The zero-order valence-corrected chi connectivity index (χ0v) is 13.8. The number of nitrogens with one attached hydrogen (secondary N) is 2. The van der Waals surface area contributed by atoms with Crippen molar-refractivity contribution in [2.75, 3.05) is 18.4 Å². The molecule has 1 amide bonds. The van der Waals surface area contributed by atoms with E-state index in [1.807, 2.05) is 0 Å². The molecule has 0 aliphatic carbocycles. The van der Waals surface area contributed by atoms with Crippen molar-refractivity contribution in [2.45, 2.75) is 58.3 Å². The number of rotatable bonds is 7. The number of anilines is 1. The maximum atomic E-state index is 12.0. The van der Waals surface area contributed by atoms with Crippen LogP contribution in [0.2, 0.25) is 0 Å². The fraction of sp³-hybridized carbons (Fsp3) is 0.800. The predicted octanol–water partition coefficient (Wildman–Crippen LogP) is 3.16. The van der Waals surface area contributed by atoms with E-state index < -0.39 is 0 Å². The monoisotopic (exact) mass is 310 g/mol.